The summed E-state index contributed by atoms with van der Waals surface area (Å²) in [6.07, 6.45) is -4.72. The van der Waals surface area contributed by atoms with Crippen LogP contribution in [0.5, 0.6) is 17.2 Å². The fourth-order valence-corrected chi connectivity index (χ4v) is 2.14. The maximum atomic E-state index is 12.2. The number of hydrogen-bond acceptors (Lipinski definition) is 4. The van der Waals surface area contributed by atoms with Crippen molar-refractivity contribution in [2.24, 2.45) is 5.73 Å². The van der Waals surface area contributed by atoms with Crippen LogP contribution in [-0.4, -0.2) is 20.6 Å². The average molecular weight is 364 g/mol. The topological polar surface area (TPSA) is 53.7 Å². The van der Waals surface area contributed by atoms with Crippen molar-refractivity contribution in [3.63, 3.8) is 0 Å². The van der Waals surface area contributed by atoms with Crippen molar-refractivity contribution >= 4 is 12.4 Å². The molecule has 0 radical (unpaired) electrons. The Balaban J connectivity index is 0.00000288. The lowest BCUT2D eigenvalue weighted by molar-refractivity contribution is -0.274. The minimum atomic E-state index is -4.72. The predicted molar refractivity (Wildman–Crippen MR) is 85.9 cm³/mol. The van der Waals surface area contributed by atoms with E-state index >= 15 is 0 Å². The van der Waals surface area contributed by atoms with Crippen LogP contribution in [0.3, 0.4) is 0 Å². The Morgan fingerprint density at radius 1 is 0.917 bits per heavy atom. The summed E-state index contributed by atoms with van der Waals surface area (Å²) in [7, 11) is 3.04. The monoisotopic (exact) mass is 363 g/mol. The van der Waals surface area contributed by atoms with Gasteiger partial charge in [-0.15, -0.1) is 25.6 Å². The highest BCUT2D eigenvalue weighted by Crippen LogP contribution is 2.32. The van der Waals surface area contributed by atoms with E-state index in [0.29, 0.717) is 22.6 Å². The van der Waals surface area contributed by atoms with Gasteiger partial charge in [-0.2, -0.15) is 0 Å². The lowest BCUT2D eigenvalue weighted by Gasteiger charge is -2.18. The van der Waals surface area contributed by atoms with Gasteiger partial charge in [-0.3, -0.25) is 0 Å². The van der Waals surface area contributed by atoms with Crippen LogP contribution in [0.4, 0.5) is 13.2 Å². The summed E-state index contributed by atoms with van der Waals surface area (Å²) in [5.41, 5.74) is 7.48. The molecule has 2 rings (SSSR count). The summed E-state index contributed by atoms with van der Waals surface area (Å²) in [5.74, 6) is 0.869. The number of rotatable bonds is 5. The Kier molecular flexibility index (Phi) is 6.74. The number of ether oxygens (including phenoxy) is 3. The average Bonchev–Trinajstić information content (AvgIpc) is 2.52. The minimum absolute atomic E-state index is 0. The zero-order valence-corrected chi connectivity index (χ0v) is 13.8. The number of halogens is 4. The van der Waals surface area contributed by atoms with E-state index in [-0.39, 0.29) is 18.2 Å². The Labute approximate surface area is 143 Å². The molecular formula is C16H17ClF3NO3. The van der Waals surface area contributed by atoms with Crippen molar-refractivity contribution in [1.82, 2.24) is 0 Å². The van der Waals surface area contributed by atoms with Crippen molar-refractivity contribution in [1.29, 1.82) is 0 Å². The molecule has 0 saturated heterocycles. The zero-order valence-electron chi connectivity index (χ0n) is 13.0. The van der Waals surface area contributed by atoms with Crippen LogP contribution >= 0.6 is 12.4 Å². The molecule has 0 aliphatic heterocycles. The summed E-state index contributed by atoms with van der Waals surface area (Å²) < 4.78 is 50.8. The van der Waals surface area contributed by atoms with Gasteiger partial charge in [0.25, 0.3) is 0 Å². The molecule has 132 valence electrons. The first kappa shape index (κ1) is 19.9. The molecule has 2 aromatic rings. The Morgan fingerprint density at radius 2 is 1.50 bits per heavy atom. The standard InChI is InChI=1S/C16H16F3NO3.ClH/c1-21-12-7-8-14(22-2)13(9-12)15(20)10-3-5-11(6-4-10)23-16(17,18)19;/h3-9,15H,20H2,1-2H3;1H/t15-;/m1./s1. The van der Waals surface area contributed by atoms with E-state index < -0.39 is 12.4 Å². The van der Waals surface area contributed by atoms with Gasteiger partial charge >= 0.3 is 6.36 Å². The second-order valence-corrected chi connectivity index (χ2v) is 4.70. The van der Waals surface area contributed by atoms with Crippen LogP contribution < -0.4 is 19.9 Å². The van der Waals surface area contributed by atoms with Crippen molar-refractivity contribution in [3.05, 3.63) is 53.6 Å². The molecule has 0 aliphatic carbocycles. The molecule has 0 saturated carbocycles. The summed E-state index contributed by atoms with van der Waals surface area (Å²) >= 11 is 0. The van der Waals surface area contributed by atoms with Crippen molar-refractivity contribution in [3.8, 4) is 17.2 Å². The van der Waals surface area contributed by atoms with Gasteiger partial charge in [-0.25, -0.2) is 0 Å². The molecule has 2 aromatic carbocycles. The molecular weight excluding hydrogens is 347 g/mol. The summed E-state index contributed by atoms with van der Waals surface area (Å²) in [5, 5.41) is 0. The SMILES string of the molecule is COc1ccc(OC)c([C@H](N)c2ccc(OC(F)(F)F)cc2)c1.Cl. The number of methoxy groups -OCH3 is 2. The highest BCUT2D eigenvalue weighted by molar-refractivity contribution is 5.85. The van der Waals surface area contributed by atoms with Crippen LogP contribution in [0.25, 0.3) is 0 Å². The van der Waals surface area contributed by atoms with Gasteiger partial charge in [-0.1, -0.05) is 12.1 Å². The summed E-state index contributed by atoms with van der Waals surface area (Å²) in [4.78, 5) is 0. The van der Waals surface area contributed by atoms with Gasteiger partial charge in [-0.05, 0) is 35.9 Å². The Hall–Kier alpha value is -2.12. The maximum Gasteiger partial charge on any atom is 0.573 e. The van der Waals surface area contributed by atoms with Gasteiger partial charge < -0.3 is 19.9 Å². The van der Waals surface area contributed by atoms with Gasteiger partial charge in [0.1, 0.15) is 17.2 Å². The van der Waals surface area contributed by atoms with Crippen LogP contribution in [0.2, 0.25) is 0 Å². The molecule has 0 fully saturated rings. The molecule has 0 spiro atoms. The second kappa shape index (κ2) is 8.12. The first-order chi connectivity index (χ1) is 10.8. The molecule has 1 atom stereocenters. The smallest absolute Gasteiger partial charge is 0.497 e. The normalized spacial score (nSPS) is 12.1. The Bertz CT molecular complexity index is 663. The number of benzene rings is 2. The van der Waals surface area contributed by atoms with E-state index in [9.17, 15) is 13.2 Å². The first-order valence-electron chi connectivity index (χ1n) is 6.67. The highest BCUT2D eigenvalue weighted by atomic mass is 35.5. The Morgan fingerprint density at radius 3 is 2.00 bits per heavy atom. The molecule has 0 aliphatic rings. The van der Waals surface area contributed by atoms with Gasteiger partial charge in [0, 0.05) is 5.56 Å². The number of nitrogens with two attached hydrogens (primary N) is 1. The molecule has 0 aromatic heterocycles. The summed E-state index contributed by atoms with van der Waals surface area (Å²) in [6.45, 7) is 0. The van der Waals surface area contributed by atoms with Crippen LogP contribution in [0, 0.1) is 0 Å². The van der Waals surface area contributed by atoms with E-state index in [1.165, 1.54) is 38.5 Å². The molecule has 8 heteroatoms. The molecule has 24 heavy (non-hydrogen) atoms. The molecule has 0 unspecified atom stereocenters. The predicted octanol–water partition coefficient (Wildman–Crippen LogP) is 4.07. The molecule has 2 N–H and O–H groups in total. The third kappa shape index (κ3) is 4.94. The molecule has 0 heterocycles. The lowest BCUT2D eigenvalue weighted by Crippen LogP contribution is -2.17. The highest BCUT2D eigenvalue weighted by Gasteiger charge is 2.31. The third-order valence-electron chi connectivity index (χ3n) is 3.24. The van der Waals surface area contributed by atoms with Gasteiger partial charge in [0.05, 0.1) is 20.3 Å². The number of alkyl halides is 3. The van der Waals surface area contributed by atoms with Crippen LogP contribution in [0.15, 0.2) is 42.5 Å². The maximum absolute atomic E-state index is 12.2. The van der Waals surface area contributed by atoms with Gasteiger partial charge in [0.2, 0.25) is 0 Å². The van der Waals surface area contributed by atoms with Crippen molar-refractivity contribution in [2.45, 2.75) is 12.4 Å². The van der Waals surface area contributed by atoms with E-state index in [2.05, 4.69) is 4.74 Å². The van der Waals surface area contributed by atoms with E-state index in [1.807, 2.05) is 0 Å². The van der Waals surface area contributed by atoms with Crippen molar-refractivity contribution < 1.29 is 27.4 Å². The lowest BCUT2D eigenvalue weighted by atomic mass is 9.98. The molecule has 0 bridgehead atoms. The first-order valence-corrected chi connectivity index (χ1v) is 6.67. The molecule has 0 amide bonds. The van der Waals surface area contributed by atoms with E-state index in [1.54, 1.807) is 18.2 Å². The fourth-order valence-electron chi connectivity index (χ4n) is 2.14. The molecule has 4 nitrogen and oxygen atoms in total. The zero-order chi connectivity index (χ0) is 17.0. The quantitative estimate of drug-likeness (QED) is 0.870. The van der Waals surface area contributed by atoms with E-state index in [4.69, 9.17) is 15.2 Å². The van der Waals surface area contributed by atoms with Crippen LogP contribution in [0.1, 0.15) is 17.2 Å². The number of hydrogen-bond donors (Lipinski definition) is 1. The second-order valence-electron chi connectivity index (χ2n) is 4.70. The minimum Gasteiger partial charge on any atom is -0.497 e. The summed E-state index contributed by atoms with van der Waals surface area (Å²) in [6, 6.07) is 9.98. The largest absolute Gasteiger partial charge is 0.573 e. The fraction of sp³-hybridized carbons (Fsp3) is 0.250. The van der Waals surface area contributed by atoms with Gasteiger partial charge in [0.15, 0.2) is 0 Å². The van der Waals surface area contributed by atoms with Crippen molar-refractivity contribution in [2.75, 3.05) is 14.2 Å². The van der Waals surface area contributed by atoms with Crippen LogP contribution in [-0.2, 0) is 0 Å². The van der Waals surface area contributed by atoms with E-state index in [0.717, 1.165) is 0 Å². The third-order valence-corrected chi connectivity index (χ3v) is 3.24.